The van der Waals surface area contributed by atoms with E-state index in [2.05, 4.69) is 47.7 Å². The smallest absolute Gasteiger partial charge is 0.411 e. The van der Waals surface area contributed by atoms with Gasteiger partial charge in [0.15, 0.2) is 0 Å². The summed E-state index contributed by atoms with van der Waals surface area (Å²) in [5.41, 5.74) is 4.95. The Morgan fingerprint density at radius 3 is 2.67 bits per heavy atom. The second-order valence-corrected chi connectivity index (χ2v) is 10.7. The fourth-order valence-electron chi connectivity index (χ4n) is 4.60. The molecular formula is C31H40ClN3O4. The zero-order chi connectivity index (χ0) is 28.2. The van der Waals surface area contributed by atoms with Crippen molar-refractivity contribution in [3.63, 3.8) is 0 Å². The van der Waals surface area contributed by atoms with E-state index in [4.69, 9.17) is 21.4 Å². The number of amides is 1. The molecule has 0 fully saturated rings. The predicted molar refractivity (Wildman–Crippen MR) is 159 cm³/mol. The molecule has 0 spiro atoms. The minimum absolute atomic E-state index is 0.254. The zero-order valence-electron chi connectivity index (χ0n) is 23.1. The molecule has 1 aromatic heterocycles. The van der Waals surface area contributed by atoms with Crippen molar-refractivity contribution in [2.24, 2.45) is 11.8 Å². The molecule has 8 heteroatoms. The monoisotopic (exact) mass is 553 g/mol. The highest BCUT2D eigenvalue weighted by Gasteiger charge is 2.22. The molecule has 4 rings (SSSR count). The van der Waals surface area contributed by atoms with Crippen molar-refractivity contribution < 1.29 is 19.4 Å². The first kappa shape index (κ1) is 30.3. The van der Waals surface area contributed by atoms with Crippen LogP contribution < -0.4 is 10.6 Å². The van der Waals surface area contributed by atoms with E-state index in [9.17, 15) is 9.59 Å². The highest BCUT2D eigenvalue weighted by atomic mass is 35.5. The summed E-state index contributed by atoms with van der Waals surface area (Å²) in [4.78, 5) is 25.9. The number of hydrogen-bond acceptors (Lipinski definition) is 4. The Morgan fingerprint density at radius 2 is 1.97 bits per heavy atom. The lowest BCUT2D eigenvalue weighted by molar-refractivity contribution is 0.0697. The molecule has 0 aliphatic heterocycles. The van der Waals surface area contributed by atoms with Crippen molar-refractivity contribution in [3.8, 4) is 0 Å². The highest BCUT2D eigenvalue weighted by Crippen LogP contribution is 2.33. The van der Waals surface area contributed by atoms with Crippen LogP contribution in [-0.4, -0.2) is 41.8 Å². The van der Waals surface area contributed by atoms with Crippen LogP contribution in [0.1, 0.15) is 61.6 Å². The van der Waals surface area contributed by atoms with Gasteiger partial charge in [0.05, 0.1) is 12.2 Å². The summed E-state index contributed by atoms with van der Waals surface area (Å²) in [6.45, 7) is 9.06. The van der Waals surface area contributed by atoms with E-state index >= 15 is 0 Å². The Morgan fingerprint density at radius 1 is 1.21 bits per heavy atom. The number of H-pyrrole nitrogens is 1. The molecule has 210 valence electrons. The molecule has 4 N–H and O–H groups in total. The number of benzene rings is 2. The molecule has 0 radical (unpaired) electrons. The van der Waals surface area contributed by atoms with Crippen LogP contribution in [0.5, 0.6) is 0 Å². The molecule has 1 aliphatic carbocycles. The van der Waals surface area contributed by atoms with E-state index in [1.807, 2.05) is 19.1 Å². The number of nitrogens with one attached hydrogen (secondary N) is 3. The quantitative estimate of drug-likeness (QED) is 0.154. The molecule has 1 aliphatic rings. The van der Waals surface area contributed by atoms with Gasteiger partial charge in [0, 0.05) is 27.3 Å². The lowest BCUT2D eigenvalue weighted by atomic mass is 9.86. The van der Waals surface area contributed by atoms with Gasteiger partial charge in [0.25, 0.3) is 0 Å². The van der Waals surface area contributed by atoms with E-state index in [-0.39, 0.29) is 11.7 Å². The number of allylic oxidation sites excluding steroid dienone is 2. The number of aromatic amines is 1. The number of aromatic nitrogens is 1. The van der Waals surface area contributed by atoms with E-state index in [1.54, 1.807) is 12.1 Å². The lowest BCUT2D eigenvalue weighted by Gasteiger charge is -2.23. The first-order valence-electron chi connectivity index (χ1n) is 13.6. The third-order valence-electron chi connectivity index (χ3n) is 6.60. The van der Waals surface area contributed by atoms with Gasteiger partial charge in [-0.15, -0.1) is 0 Å². The number of ether oxygens (including phenoxy) is 1. The maximum Gasteiger partial charge on any atom is 0.411 e. The van der Waals surface area contributed by atoms with Crippen LogP contribution in [0, 0.1) is 11.8 Å². The molecular weight excluding hydrogens is 514 g/mol. The minimum atomic E-state index is -0.934. The summed E-state index contributed by atoms with van der Waals surface area (Å²) in [5.74, 6) is 0.411. The number of rotatable bonds is 10. The number of aryl methyl sites for hydroxylation is 1. The van der Waals surface area contributed by atoms with Crippen molar-refractivity contribution in [3.05, 3.63) is 76.5 Å². The molecule has 2 aromatic carbocycles. The normalized spacial score (nSPS) is 14.6. The van der Waals surface area contributed by atoms with Gasteiger partial charge < -0.3 is 20.1 Å². The second-order valence-electron chi connectivity index (χ2n) is 10.3. The van der Waals surface area contributed by atoms with Gasteiger partial charge in [-0.05, 0) is 112 Å². The van der Waals surface area contributed by atoms with Crippen LogP contribution in [0.15, 0.2) is 54.6 Å². The summed E-state index contributed by atoms with van der Waals surface area (Å²) in [6, 6.07) is 12.1. The second kappa shape index (κ2) is 15.3. The Balaban J connectivity index is 0.000000353. The Labute approximate surface area is 236 Å². The molecule has 1 amide bonds. The number of aromatic carboxylic acids is 1. The molecule has 1 unspecified atom stereocenters. The lowest BCUT2D eigenvalue weighted by Crippen LogP contribution is -2.29. The molecule has 1 heterocycles. The standard InChI is InChI=1S/C24H35N3O2.C7H5ClO2/c1-4-5-6-7-12-29-24(28)26-19-9-11-23-21(14-19)20-13-18(8-10-22(20)27-23)16-25-15-17(2)3;8-6-3-1-5(2-4-6)7(9)10/h4-5,9,11,14,17-18,25,27H,6-8,10,12-13,15-16H2,1-3H3,(H,26,28);1-4H,(H,9,10). The van der Waals surface area contributed by atoms with Gasteiger partial charge >= 0.3 is 12.1 Å². The molecule has 7 nitrogen and oxygen atoms in total. The number of hydrogen-bond donors (Lipinski definition) is 4. The Bertz CT molecular complexity index is 1250. The van der Waals surface area contributed by atoms with E-state index in [1.165, 1.54) is 35.2 Å². The number of carbonyl (C=O) groups excluding carboxylic acids is 1. The molecule has 39 heavy (non-hydrogen) atoms. The fraction of sp³-hybridized carbons (Fsp3) is 0.419. The molecule has 0 saturated carbocycles. The third-order valence-corrected chi connectivity index (χ3v) is 6.85. The summed E-state index contributed by atoms with van der Waals surface area (Å²) < 4.78 is 5.28. The zero-order valence-corrected chi connectivity index (χ0v) is 23.8. The van der Waals surface area contributed by atoms with Gasteiger partial charge in [-0.3, -0.25) is 5.32 Å². The first-order chi connectivity index (χ1) is 18.8. The summed E-state index contributed by atoms with van der Waals surface area (Å²) in [7, 11) is 0. The number of carboxylic acid groups (broad SMARTS) is 1. The minimum Gasteiger partial charge on any atom is -0.478 e. The average molecular weight is 554 g/mol. The van der Waals surface area contributed by atoms with E-state index in [0.717, 1.165) is 50.0 Å². The van der Waals surface area contributed by atoms with Gasteiger partial charge in [0.2, 0.25) is 0 Å². The van der Waals surface area contributed by atoms with Crippen molar-refractivity contribution in [1.82, 2.24) is 10.3 Å². The average Bonchev–Trinajstić information content (AvgIpc) is 3.26. The van der Waals surface area contributed by atoms with E-state index < -0.39 is 5.97 Å². The van der Waals surface area contributed by atoms with Crippen molar-refractivity contribution in [2.75, 3.05) is 25.0 Å². The molecule has 0 bridgehead atoms. The molecule has 1 atom stereocenters. The highest BCUT2D eigenvalue weighted by molar-refractivity contribution is 6.30. The Hall–Kier alpha value is -3.29. The van der Waals surface area contributed by atoms with Crippen molar-refractivity contribution in [2.45, 2.75) is 52.9 Å². The van der Waals surface area contributed by atoms with E-state index in [0.29, 0.717) is 23.5 Å². The first-order valence-corrected chi connectivity index (χ1v) is 14.0. The maximum atomic E-state index is 12.1. The number of carboxylic acids is 1. The predicted octanol–water partition coefficient (Wildman–Crippen LogP) is 7.46. The van der Waals surface area contributed by atoms with Crippen LogP contribution in [0.2, 0.25) is 5.02 Å². The van der Waals surface area contributed by atoms with Gasteiger partial charge in [-0.1, -0.05) is 37.6 Å². The van der Waals surface area contributed by atoms with Gasteiger partial charge in [0.1, 0.15) is 0 Å². The van der Waals surface area contributed by atoms with Crippen LogP contribution in [0.25, 0.3) is 10.9 Å². The Kier molecular flexibility index (Phi) is 11.9. The largest absolute Gasteiger partial charge is 0.478 e. The van der Waals surface area contributed by atoms with Gasteiger partial charge in [-0.2, -0.15) is 0 Å². The topological polar surface area (TPSA) is 103 Å². The van der Waals surface area contributed by atoms with Crippen molar-refractivity contribution >= 4 is 40.3 Å². The fourth-order valence-corrected chi connectivity index (χ4v) is 4.72. The SMILES string of the molecule is CC=CCCCOC(=O)Nc1ccc2[nH]c3c(c2c1)CC(CNCC(C)C)CC3.O=C(O)c1ccc(Cl)cc1. The number of halogens is 1. The van der Waals surface area contributed by atoms with Gasteiger partial charge in [-0.25, -0.2) is 9.59 Å². The summed E-state index contributed by atoms with van der Waals surface area (Å²) >= 11 is 5.52. The van der Waals surface area contributed by atoms with Crippen LogP contribution >= 0.6 is 11.6 Å². The number of fused-ring (bicyclic) bond motifs is 3. The van der Waals surface area contributed by atoms with Crippen LogP contribution in [0.4, 0.5) is 10.5 Å². The maximum absolute atomic E-state index is 12.1. The third kappa shape index (κ3) is 9.75. The number of anilines is 1. The molecule has 3 aromatic rings. The van der Waals surface area contributed by atoms with Crippen molar-refractivity contribution in [1.29, 1.82) is 0 Å². The summed E-state index contributed by atoms with van der Waals surface area (Å²) in [6.07, 6.45) is 8.87. The van der Waals surface area contributed by atoms with Crippen LogP contribution in [-0.2, 0) is 17.6 Å². The number of unbranched alkanes of at least 4 members (excludes halogenated alkanes) is 1. The number of carbonyl (C=O) groups is 2. The summed E-state index contributed by atoms with van der Waals surface area (Å²) in [5, 5.41) is 16.7. The van der Waals surface area contributed by atoms with Crippen LogP contribution in [0.3, 0.4) is 0 Å². The molecule has 0 saturated heterocycles.